The predicted molar refractivity (Wildman–Crippen MR) is 45.0 cm³/mol. The van der Waals surface area contributed by atoms with E-state index in [0.717, 1.165) is 11.7 Å². The Hall–Kier alpha value is 0.0900. The lowest BCUT2D eigenvalue weighted by atomic mass is 9.93. The molecule has 0 amide bonds. The van der Waals surface area contributed by atoms with E-state index in [-0.39, 0.29) is 0 Å². The van der Waals surface area contributed by atoms with Crippen LogP contribution in [0.25, 0.3) is 0 Å². The van der Waals surface area contributed by atoms with Crippen LogP contribution < -0.4 is 0 Å². The van der Waals surface area contributed by atoms with Crippen LogP contribution in [-0.2, 0) is 0 Å². The molecule has 0 bridgehead atoms. The largest absolute Gasteiger partial charge is 0.179 e. The van der Waals surface area contributed by atoms with Crippen LogP contribution in [0.3, 0.4) is 0 Å². The van der Waals surface area contributed by atoms with E-state index in [0.29, 0.717) is 0 Å². The first-order chi connectivity index (χ1) is 4.33. The van der Waals surface area contributed by atoms with E-state index in [9.17, 15) is 0 Å². The van der Waals surface area contributed by atoms with Crippen molar-refractivity contribution < 1.29 is 0 Å². The molecule has 0 spiro atoms. The van der Waals surface area contributed by atoms with E-state index in [1.807, 2.05) is 0 Å². The molecule has 1 rings (SSSR count). The second-order valence-corrected chi connectivity index (χ2v) is 3.21. The number of allylic oxidation sites excluding steroid dienone is 2. The summed E-state index contributed by atoms with van der Waals surface area (Å²) in [5.74, 6) is 1.79. The van der Waals surface area contributed by atoms with E-state index >= 15 is 0 Å². The molecule has 1 aliphatic carbocycles. The number of thiol groups is 1. The third kappa shape index (κ3) is 2.05. The molecule has 0 saturated carbocycles. The van der Waals surface area contributed by atoms with E-state index < -0.39 is 0 Å². The molecule has 52 valence electrons. The molecular formula is C8H14S. The van der Waals surface area contributed by atoms with Gasteiger partial charge in [-0.25, -0.2) is 0 Å². The zero-order valence-electron chi connectivity index (χ0n) is 5.93. The molecule has 9 heavy (non-hydrogen) atoms. The third-order valence-corrected chi connectivity index (χ3v) is 2.37. The van der Waals surface area contributed by atoms with E-state index in [1.54, 1.807) is 5.57 Å². The van der Waals surface area contributed by atoms with Gasteiger partial charge >= 0.3 is 0 Å². The Morgan fingerprint density at radius 1 is 1.78 bits per heavy atom. The van der Waals surface area contributed by atoms with Crippen molar-refractivity contribution in [3.63, 3.8) is 0 Å². The van der Waals surface area contributed by atoms with Crippen molar-refractivity contribution in [2.75, 3.05) is 5.75 Å². The minimum absolute atomic E-state index is 0.766. The highest BCUT2D eigenvalue weighted by molar-refractivity contribution is 7.80. The lowest BCUT2D eigenvalue weighted by molar-refractivity contribution is 0.576. The van der Waals surface area contributed by atoms with Gasteiger partial charge in [0.05, 0.1) is 0 Å². The van der Waals surface area contributed by atoms with Crippen LogP contribution in [0.1, 0.15) is 26.2 Å². The minimum Gasteiger partial charge on any atom is -0.179 e. The van der Waals surface area contributed by atoms with Crippen molar-refractivity contribution >= 4 is 12.6 Å². The summed E-state index contributed by atoms with van der Waals surface area (Å²) in [6, 6.07) is 0. The second kappa shape index (κ2) is 3.31. The van der Waals surface area contributed by atoms with Gasteiger partial charge in [-0.1, -0.05) is 11.6 Å². The average molecular weight is 142 g/mol. The molecule has 0 aromatic rings. The molecule has 1 heteroatoms. The smallest absolute Gasteiger partial charge is 0.00347 e. The first-order valence-electron chi connectivity index (χ1n) is 3.61. The third-order valence-electron chi connectivity index (χ3n) is 1.90. The van der Waals surface area contributed by atoms with Gasteiger partial charge in [-0.3, -0.25) is 0 Å². The molecule has 0 nitrogen and oxygen atoms in total. The van der Waals surface area contributed by atoms with Crippen molar-refractivity contribution in [1.82, 2.24) is 0 Å². The van der Waals surface area contributed by atoms with Crippen LogP contribution >= 0.6 is 12.6 Å². The van der Waals surface area contributed by atoms with Gasteiger partial charge in [0.25, 0.3) is 0 Å². The summed E-state index contributed by atoms with van der Waals surface area (Å²) in [6.07, 6.45) is 6.40. The molecule has 0 aromatic heterocycles. The van der Waals surface area contributed by atoms with Crippen molar-refractivity contribution in [2.45, 2.75) is 26.2 Å². The minimum atomic E-state index is 0.766. The Balaban J connectivity index is 2.47. The Bertz CT molecular complexity index is 116. The van der Waals surface area contributed by atoms with Crippen LogP contribution in [0.15, 0.2) is 11.6 Å². The van der Waals surface area contributed by atoms with Gasteiger partial charge in [0.2, 0.25) is 0 Å². The first-order valence-corrected chi connectivity index (χ1v) is 4.24. The number of hydrogen-bond donors (Lipinski definition) is 1. The lowest BCUT2D eigenvalue weighted by Crippen LogP contribution is -2.04. The number of hydrogen-bond acceptors (Lipinski definition) is 1. The Kier molecular flexibility index (Phi) is 2.65. The summed E-state index contributed by atoms with van der Waals surface area (Å²) < 4.78 is 0. The van der Waals surface area contributed by atoms with Crippen LogP contribution in [0, 0.1) is 5.92 Å². The van der Waals surface area contributed by atoms with Gasteiger partial charge in [0, 0.05) is 0 Å². The summed E-state index contributed by atoms with van der Waals surface area (Å²) in [6.45, 7) is 2.22. The van der Waals surface area contributed by atoms with Crippen molar-refractivity contribution in [2.24, 2.45) is 5.92 Å². The van der Waals surface area contributed by atoms with Crippen LogP contribution in [-0.4, -0.2) is 5.75 Å². The normalized spacial score (nSPS) is 27.8. The van der Waals surface area contributed by atoms with E-state index in [1.165, 1.54) is 19.3 Å². The average Bonchev–Trinajstić information content (AvgIpc) is 1.88. The summed E-state index contributed by atoms with van der Waals surface area (Å²) in [7, 11) is 0. The Labute approximate surface area is 62.8 Å². The molecule has 0 heterocycles. The monoisotopic (exact) mass is 142 g/mol. The van der Waals surface area contributed by atoms with Crippen LogP contribution in [0.5, 0.6) is 0 Å². The molecule has 1 aliphatic rings. The fourth-order valence-corrected chi connectivity index (χ4v) is 1.64. The highest BCUT2D eigenvalue weighted by Gasteiger charge is 2.08. The zero-order valence-corrected chi connectivity index (χ0v) is 6.82. The molecule has 0 aromatic carbocycles. The maximum Gasteiger partial charge on any atom is -0.00347 e. The van der Waals surface area contributed by atoms with Gasteiger partial charge in [0.15, 0.2) is 0 Å². The summed E-state index contributed by atoms with van der Waals surface area (Å²) in [4.78, 5) is 0. The maximum atomic E-state index is 4.26. The molecular weight excluding hydrogens is 128 g/mol. The van der Waals surface area contributed by atoms with Gasteiger partial charge in [-0.05, 0) is 37.9 Å². The highest BCUT2D eigenvalue weighted by Crippen LogP contribution is 2.22. The topological polar surface area (TPSA) is 0 Å². The molecule has 1 atom stereocenters. The SMILES string of the molecule is CC1=CC(CS)CCC1. The molecule has 0 aliphatic heterocycles. The maximum absolute atomic E-state index is 4.26. The zero-order chi connectivity index (χ0) is 6.69. The first kappa shape index (κ1) is 7.20. The van der Waals surface area contributed by atoms with Crippen molar-refractivity contribution in [1.29, 1.82) is 0 Å². The van der Waals surface area contributed by atoms with Crippen LogP contribution in [0.2, 0.25) is 0 Å². The quantitative estimate of drug-likeness (QED) is 0.422. The van der Waals surface area contributed by atoms with E-state index in [2.05, 4.69) is 25.6 Å². The van der Waals surface area contributed by atoms with Crippen LogP contribution in [0.4, 0.5) is 0 Å². The lowest BCUT2D eigenvalue weighted by Gasteiger charge is -2.16. The fourth-order valence-electron chi connectivity index (χ4n) is 1.36. The summed E-state index contributed by atoms with van der Waals surface area (Å²) in [5, 5.41) is 0. The highest BCUT2D eigenvalue weighted by atomic mass is 32.1. The molecule has 0 radical (unpaired) electrons. The van der Waals surface area contributed by atoms with E-state index in [4.69, 9.17) is 0 Å². The fraction of sp³-hybridized carbons (Fsp3) is 0.750. The molecule has 0 N–H and O–H groups in total. The van der Waals surface area contributed by atoms with Crippen molar-refractivity contribution in [3.8, 4) is 0 Å². The van der Waals surface area contributed by atoms with Crippen molar-refractivity contribution in [3.05, 3.63) is 11.6 Å². The second-order valence-electron chi connectivity index (χ2n) is 2.85. The van der Waals surface area contributed by atoms with Gasteiger partial charge < -0.3 is 0 Å². The van der Waals surface area contributed by atoms with Gasteiger partial charge in [-0.2, -0.15) is 12.6 Å². The Morgan fingerprint density at radius 3 is 3.00 bits per heavy atom. The molecule has 0 saturated heterocycles. The van der Waals surface area contributed by atoms with Gasteiger partial charge in [-0.15, -0.1) is 0 Å². The Morgan fingerprint density at radius 2 is 2.56 bits per heavy atom. The standard InChI is InChI=1S/C8H14S/c1-7-3-2-4-8(5-7)6-9/h5,8-9H,2-4,6H2,1H3. The molecule has 0 fully saturated rings. The predicted octanol–water partition coefficient (Wildman–Crippen LogP) is 2.66. The van der Waals surface area contributed by atoms with Gasteiger partial charge in [0.1, 0.15) is 0 Å². The summed E-state index contributed by atoms with van der Waals surface area (Å²) in [5.41, 5.74) is 1.56. The molecule has 1 unspecified atom stereocenters. The summed E-state index contributed by atoms with van der Waals surface area (Å²) >= 11 is 4.26. The number of rotatable bonds is 1.